The van der Waals surface area contributed by atoms with E-state index in [-0.39, 0.29) is 5.04 Å². The summed E-state index contributed by atoms with van der Waals surface area (Å²) in [5, 5.41) is 9.46. The normalized spacial score (nSPS) is 14.8. The Morgan fingerprint density at radius 1 is 1.40 bits per heavy atom. The topological polar surface area (TPSA) is 61.6 Å². The molecule has 0 aromatic heterocycles. The second kappa shape index (κ2) is 4.94. The van der Waals surface area contributed by atoms with E-state index in [1.54, 1.807) is 6.92 Å². The monoisotopic (exact) mass is 235 g/mol. The highest BCUT2D eigenvalue weighted by atomic mass is 28.4. The molecule has 0 aromatic carbocycles. The summed E-state index contributed by atoms with van der Waals surface area (Å²) < 4.78 is 5.74. The molecule has 0 spiro atoms. The Labute approximate surface area is 92.0 Å². The molecular formula is C9H21NO4Si. The molecule has 6 heteroatoms. The van der Waals surface area contributed by atoms with Crippen LogP contribution < -0.4 is 0 Å². The molecular weight excluding hydrogens is 214 g/mol. The van der Waals surface area contributed by atoms with E-state index >= 15 is 0 Å². The minimum atomic E-state index is -1.99. The summed E-state index contributed by atoms with van der Waals surface area (Å²) in [4.78, 5) is 14.7. The number of rotatable bonds is 5. The molecule has 0 amide bonds. The number of nitrogens with zero attached hydrogens (tertiary/aromatic N) is 1. The van der Waals surface area contributed by atoms with E-state index in [2.05, 4.69) is 25.6 Å². The van der Waals surface area contributed by atoms with Crippen LogP contribution >= 0.6 is 0 Å². The van der Waals surface area contributed by atoms with Gasteiger partial charge in [-0.2, -0.15) is 0 Å². The van der Waals surface area contributed by atoms with Crippen molar-refractivity contribution in [3.8, 4) is 0 Å². The van der Waals surface area contributed by atoms with Crippen molar-refractivity contribution >= 4 is 8.32 Å². The first-order valence-electron chi connectivity index (χ1n) is 5.09. The maximum Gasteiger partial charge on any atom is 0.297 e. The fraction of sp³-hybridized carbons (Fsp3) is 1.00. The van der Waals surface area contributed by atoms with E-state index < -0.39 is 19.7 Å². The summed E-state index contributed by atoms with van der Waals surface area (Å²) in [7, 11) is -1.99. The van der Waals surface area contributed by atoms with Crippen molar-refractivity contribution in [3.63, 3.8) is 0 Å². The molecule has 0 fully saturated rings. The van der Waals surface area contributed by atoms with Crippen molar-refractivity contribution in [2.45, 2.75) is 58.5 Å². The van der Waals surface area contributed by atoms with Crippen LogP contribution in [0.5, 0.6) is 0 Å². The minimum Gasteiger partial charge on any atom is -0.393 e. The molecule has 0 saturated heterocycles. The van der Waals surface area contributed by atoms with Crippen molar-refractivity contribution in [3.05, 3.63) is 10.1 Å². The van der Waals surface area contributed by atoms with Gasteiger partial charge in [0.05, 0.1) is 0 Å². The summed E-state index contributed by atoms with van der Waals surface area (Å²) in [6.45, 7) is 12.1. The fourth-order valence-electron chi connectivity index (χ4n) is 0.781. The zero-order chi connectivity index (χ0) is 12.3. The first-order chi connectivity index (χ1) is 6.60. The van der Waals surface area contributed by atoms with Crippen molar-refractivity contribution < 1.29 is 14.4 Å². The smallest absolute Gasteiger partial charge is 0.297 e. The molecule has 0 saturated carbocycles. The highest BCUT2D eigenvalue weighted by Crippen LogP contribution is 2.37. The van der Waals surface area contributed by atoms with E-state index in [9.17, 15) is 10.1 Å². The van der Waals surface area contributed by atoms with Gasteiger partial charge in [-0.1, -0.05) is 27.7 Å². The van der Waals surface area contributed by atoms with E-state index in [1.807, 2.05) is 13.1 Å². The molecule has 0 aliphatic heterocycles. The van der Waals surface area contributed by atoms with Crippen LogP contribution in [0.15, 0.2) is 0 Å². The fourth-order valence-corrected chi connectivity index (χ4v) is 2.00. The van der Waals surface area contributed by atoms with E-state index in [4.69, 9.17) is 4.43 Å². The summed E-state index contributed by atoms with van der Waals surface area (Å²) in [5.74, 6) is 0. The third-order valence-corrected chi connectivity index (χ3v) is 7.23. The van der Waals surface area contributed by atoms with Gasteiger partial charge in [0, 0.05) is 0 Å². The Morgan fingerprint density at radius 3 is 2.13 bits per heavy atom. The van der Waals surface area contributed by atoms with Crippen LogP contribution in [-0.2, 0) is 9.26 Å². The maximum absolute atomic E-state index is 10.2. The van der Waals surface area contributed by atoms with Crippen LogP contribution in [0, 0.1) is 10.1 Å². The van der Waals surface area contributed by atoms with Crippen molar-refractivity contribution in [2.24, 2.45) is 0 Å². The molecule has 0 radical (unpaired) electrons. The molecule has 0 heterocycles. The highest BCUT2D eigenvalue weighted by Gasteiger charge is 2.39. The van der Waals surface area contributed by atoms with Gasteiger partial charge in [0.25, 0.3) is 5.09 Å². The van der Waals surface area contributed by atoms with Crippen molar-refractivity contribution in [1.82, 2.24) is 0 Å². The van der Waals surface area contributed by atoms with Crippen LogP contribution in [0.3, 0.4) is 0 Å². The average Bonchev–Trinajstić information content (AvgIpc) is 1.99. The lowest BCUT2D eigenvalue weighted by atomic mass is 10.2. The van der Waals surface area contributed by atoms with E-state index in [1.165, 1.54) is 0 Å². The van der Waals surface area contributed by atoms with Crippen LogP contribution in [-0.4, -0.2) is 19.7 Å². The molecule has 0 bridgehead atoms. The predicted octanol–water partition coefficient (Wildman–Crippen LogP) is 2.95. The van der Waals surface area contributed by atoms with Gasteiger partial charge in [-0.15, -0.1) is 10.1 Å². The van der Waals surface area contributed by atoms with Gasteiger partial charge in [-0.25, -0.2) is 0 Å². The second-order valence-corrected chi connectivity index (χ2v) is 9.80. The Balaban J connectivity index is 4.47. The van der Waals surface area contributed by atoms with Gasteiger partial charge in [-0.3, -0.25) is 4.84 Å². The first kappa shape index (κ1) is 14.4. The average molecular weight is 235 g/mol. The molecule has 90 valence electrons. The standard InChI is InChI=1S/C9H21NO4Si/c1-7-8(13-10(11)12)14-15(5,6)9(2,3)4/h8H,7H2,1-6H3. The molecule has 0 aromatic rings. The summed E-state index contributed by atoms with van der Waals surface area (Å²) in [6.07, 6.45) is -0.256. The Bertz CT molecular complexity index is 225. The largest absolute Gasteiger partial charge is 0.393 e. The van der Waals surface area contributed by atoms with E-state index in [0.717, 1.165) is 0 Å². The predicted molar refractivity (Wildman–Crippen MR) is 60.4 cm³/mol. The van der Waals surface area contributed by atoms with Gasteiger partial charge in [0.2, 0.25) is 0 Å². The summed E-state index contributed by atoms with van der Waals surface area (Å²) >= 11 is 0. The van der Waals surface area contributed by atoms with Crippen LogP contribution in [0.25, 0.3) is 0 Å². The van der Waals surface area contributed by atoms with Gasteiger partial charge < -0.3 is 4.43 Å². The zero-order valence-corrected chi connectivity index (χ0v) is 11.4. The zero-order valence-electron chi connectivity index (χ0n) is 10.4. The second-order valence-electron chi connectivity index (χ2n) is 5.04. The molecule has 1 atom stereocenters. The quantitative estimate of drug-likeness (QED) is 0.318. The highest BCUT2D eigenvalue weighted by molar-refractivity contribution is 6.74. The lowest BCUT2D eigenvalue weighted by Crippen LogP contribution is -2.44. The van der Waals surface area contributed by atoms with Crippen molar-refractivity contribution in [2.75, 3.05) is 0 Å². The van der Waals surface area contributed by atoms with E-state index in [0.29, 0.717) is 6.42 Å². The molecule has 0 N–H and O–H groups in total. The number of hydrogen-bond donors (Lipinski definition) is 0. The van der Waals surface area contributed by atoms with Crippen LogP contribution in [0.1, 0.15) is 34.1 Å². The Hall–Kier alpha value is -0.623. The lowest BCUT2D eigenvalue weighted by Gasteiger charge is -2.38. The van der Waals surface area contributed by atoms with Gasteiger partial charge in [0.1, 0.15) is 0 Å². The molecule has 5 nitrogen and oxygen atoms in total. The molecule has 1 unspecified atom stereocenters. The first-order valence-corrected chi connectivity index (χ1v) is 8.00. The number of hydrogen-bond acceptors (Lipinski definition) is 4. The van der Waals surface area contributed by atoms with Gasteiger partial charge >= 0.3 is 0 Å². The molecule has 15 heavy (non-hydrogen) atoms. The van der Waals surface area contributed by atoms with Gasteiger partial charge in [-0.05, 0) is 24.6 Å². The van der Waals surface area contributed by atoms with Crippen LogP contribution in [0.2, 0.25) is 18.1 Å². The Morgan fingerprint density at radius 2 is 1.87 bits per heavy atom. The maximum atomic E-state index is 10.2. The molecule has 0 aliphatic rings. The summed E-state index contributed by atoms with van der Waals surface area (Å²) in [5.41, 5.74) is 0. The molecule has 0 aliphatic carbocycles. The van der Waals surface area contributed by atoms with Crippen molar-refractivity contribution in [1.29, 1.82) is 0 Å². The lowest BCUT2D eigenvalue weighted by molar-refractivity contribution is -0.778. The molecule has 0 rings (SSSR count). The van der Waals surface area contributed by atoms with Gasteiger partial charge in [0.15, 0.2) is 14.6 Å². The summed E-state index contributed by atoms with van der Waals surface area (Å²) in [6, 6.07) is 0. The van der Waals surface area contributed by atoms with Crippen LogP contribution in [0.4, 0.5) is 0 Å². The SMILES string of the molecule is CCC(O[N+](=O)[O-])O[Si](C)(C)C(C)(C)C. The third-order valence-electron chi connectivity index (χ3n) is 2.77. The minimum absolute atomic E-state index is 0.0282. The third kappa shape index (κ3) is 4.61. The Kier molecular flexibility index (Phi) is 4.73.